The number of anilines is 2. The van der Waals surface area contributed by atoms with Gasteiger partial charge in [0, 0.05) is 35.6 Å². The van der Waals surface area contributed by atoms with Gasteiger partial charge in [-0.05, 0) is 85.3 Å². The van der Waals surface area contributed by atoms with E-state index in [9.17, 15) is 24.3 Å². The molecule has 3 atom stereocenters. The number of oxazole rings is 1. The van der Waals surface area contributed by atoms with Gasteiger partial charge in [-0.3, -0.25) is 19.2 Å². The van der Waals surface area contributed by atoms with Crippen LogP contribution < -0.4 is 10.6 Å². The van der Waals surface area contributed by atoms with Gasteiger partial charge in [-0.25, -0.2) is 4.98 Å². The first kappa shape index (κ1) is 34.4. The van der Waals surface area contributed by atoms with Crippen LogP contribution in [0.15, 0.2) is 120 Å². The summed E-state index contributed by atoms with van der Waals surface area (Å²) in [7, 11) is 0. The van der Waals surface area contributed by atoms with Crippen molar-refractivity contribution in [2.45, 2.75) is 50.3 Å². The number of benzene rings is 4. The highest BCUT2D eigenvalue weighted by Crippen LogP contribution is 2.29. The maximum atomic E-state index is 13.2. The number of aliphatic hydroxyl groups excluding tert-OH is 1. The van der Waals surface area contributed by atoms with E-state index in [1.165, 1.54) is 4.90 Å². The summed E-state index contributed by atoms with van der Waals surface area (Å²) in [4.78, 5) is 60.0. The molecule has 4 amide bonds. The van der Waals surface area contributed by atoms with E-state index in [0.717, 1.165) is 23.1 Å². The van der Waals surface area contributed by atoms with Crippen LogP contribution in [0.3, 0.4) is 0 Å². The van der Waals surface area contributed by atoms with E-state index in [0.29, 0.717) is 60.9 Å². The monoisotopic (exact) mass is 697 g/mol. The van der Waals surface area contributed by atoms with Crippen LogP contribution in [0.5, 0.6) is 0 Å². The van der Waals surface area contributed by atoms with Crippen LogP contribution in [0.2, 0.25) is 0 Å². The fraction of sp³-hybridized carbons (Fsp3) is 0.244. The van der Waals surface area contributed by atoms with Gasteiger partial charge in [0.05, 0.1) is 12.6 Å². The van der Waals surface area contributed by atoms with E-state index in [4.69, 9.17) is 4.42 Å². The van der Waals surface area contributed by atoms with Crippen LogP contribution >= 0.6 is 0 Å². The summed E-state index contributed by atoms with van der Waals surface area (Å²) in [6, 6.07) is 31.4. The number of nitrogens with zero attached hydrogens (tertiary/aromatic N) is 3. The Kier molecular flexibility index (Phi) is 10.2. The topological polar surface area (TPSA) is 145 Å². The summed E-state index contributed by atoms with van der Waals surface area (Å²) in [5.41, 5.74) is 4.07. The van der Waals surface area contributed by atoms with Crippen LogP contribution in [0.4, 0.5) is 11.4 Å². The van der Waals surface area contributed by atoms with E-state index < -0.39 is 24.1 Å². The predicted octanol–water partition coefficient (Wildman–Crippen LogP) is 5.84. The fourth-order valence-corrected chi connectivity index (χ4v) is 6.85. The molecule has 0 radical (unpaired) electrons. The molecule has 5 aromatic rings. The molecule has 2 saturated heterocycles. The first-order valence-electron chi connectivity index (χ1n) is 17.5. The minimum atomic E-state index is -1.32. The Bertz CT molecular complexity index is 2030. The number of carbonyl (C=O) groups excluding carboxylic acids is 4. The molecule has 2 aliphatic rings. The molecule has 3 N–H and O–H groups in total. The number of hydrogen-bond acceptors (Lipinski definition) is 7. The van der Waals surface area contributed by atoms with Gasteiger partial charge in [0.25, 0.3) is 5.91 Å². The number of rotatable bonds is 10. The summed E-state index contributed by atoms with van der Waals surface area (Å²) in [6.45, 7) is 0.969. The largest absolute Gasteiger partial charge is 0.436 e. The van der Waals surface area contributed by atoms with Crippen LogP contribution in [0, 0.1) is 0 Å². The van der Waals surface area contributed by atoms with E-state index in [1.54, 1.807) is 59.6 Å². The second kappa shape index (κ2) is 15.4. The van der Waals surface area contributed by atoms with Crippen LogP contribution in [-0.2, 0) is 25.6 Å². The average molecular weight is 698 g/mol. The molecule has 0 spiro atoms. The zero-order valence-corrected chi connectivity index (χ0v) is 28.5. The molecule has 7 rings (SSSR count). The number of likely N-dealkylation sites (tertiary alicyclic amines) is 2. The van der Waals surface area contributed by atoms with Gasteiger partial charge in [0.1, 0.15) is 12.1 Å². The highest BCUT2D eigenvalue weighted by molar-refractivity contribution is 5.99. The molecular weight excluding hydrogens is 658 g/mol. The van der Waals surface area contributed by atoms with Gasteiger partial charge >= 0.3 is 0 Å². The lowest BCUT2D eigenvalue weighted by Crippen LogP contribution is -2.45. The van der Waals surface area contributed by atoms with Crippen molar-refractivity contribution in [1.82, 2.24) is 14.8 Å². The van der Waals surface area contributed by atoms with Crippen LogP contribution in [0.25, 0.3) is 22.8 Å². The fourth-order valence-electron chi connectivity index (χ4n) is 6.85. The molecule has 4 aromatic carbocycles. The Morgan fingerprint density at radius 2 is 1.25 bits per heavy atom. The van der Waals surface area contributed by atoms with Crippen molar-refractivity contribution in [3.8, 4) is 22.8 Å². The third-order valence-electron chi connectivity index (χ3n) is 9.60. The first-order chi connectivity index (χ1) is 25.3. The van der Waals surface area contributed by atoms with Crippen molar-refractivity contribution < 1.29 is 28.7 Å². The first-order valence-corrected chi connectivity index (χ1v) is 17.5. The molecule has 2 aliphatic heterocycles. The maximum Gasteiger partial charge on any atom is 0.256 e. The summed E-state index contributed by atoms with van der Waals surface area (Å²) in [5.74, 6) is -0.110. The van der Waals surface area contributed by atoms with E-state index in [1.807, 2.05) is 60.7 Å². The summed E-state index contributed by atoms with van der Waals surface area (Å²) < 4.78 is 6.05. The van der Waals surface area contributed by atoms with E-state index >= 15 is 0 Å². The van der Waals surface area contributed by atoms with Crippen molar-refractivity contribution >= 4 is 35.0 Å². The lowest BCUT2D eigenvalue weighted by atomic mass is 10.1. The minimum absolute atomic E-state index is 0.0527. The van der Waals surface area contributed by atoms with Gasteiger partial charge in [-0.2, -0.15) is 0 Å². The molecule has 0 aliphatic carbocycles. The highest BCUT2D eigenvalue weighted by atomic mass is 16.4. The highest BCUT2D eigenvalue weighted by Gasteiger charge is 2.37. The van der Waals surface area contributed by atoms with Crippen molar-refractivity contribution in [3.63, 3.8) is 0 Å². The molecule has 0 bridgehead atoms. The van der Waals surface area contributed by atoms with Gasteiger partial charge in [-0.1, -0.05) is 60.7 Å². The SMILES string of the molecule is O=C(Nc1ccc(-c2cnc(-c3ccc(NC(=O)[C@@H]4CCCN4C(=O)Cc4ccccc4)cc3)o2)cc1)C1CCCN1C(=O)C(O)c1ccccc1. The molecule has 264 valence electrons. The Morgan fingerprint density at radius 3 is 1.87 bits per heavy atom. The number of aromatic nitrogens is 1. The van der Waals surface area contributed by atoms with Gasteiger partial charge in [0.15, 0.2) is 11.9 Å². The maximum absolute atomic E-state index is 13.2. The third-order valence-corrected chi connectivity index (χ3v) is 9.60. The number of amides is 4. The molecule has 11 nitrogen and oxygen atoms in total. The molecule has 2 fully saturated rings. The molecule has 0 saturated carbocycles. The summed E-state index contributed by atoms with van der Waals surface area (Å²) >= 11 is 0. The average Bonchev–Trinajstić information content (AvgIpc) is 3.98. The van der Waals surface area contributed by atoms with Gasteiger partial charge < -0.3 is 30.0 Å². The Balaban J connectivity index is 0.933. The smallest absolute Gasteiger partial charge is 0.256 e. The lowest BCUT2D eigenvalue weighted by molar-refractivity contribution is -0.144. The molecule has 11 heteroatoms. The quantitative estimate of drug-likeness (QED) is 0.166. The normalized spacial score (nSPS) is 17.5. The second-order valence-corrected chi connectivity index (χ2v) is 13.1. The number of nitrogens with one attached hydrogen (secondary N) is 2. The minimum Gasteiger partial charge on any atom is -0.436 e. The molecule has 52 heavy (non-hydrogen) atoms. The second-order valence-electron chi connectivity index (χ2n) is 13.1. The van der Waals surface area contributed by atoms with E-state index in [2.05, 4.69) is 15.6 Å². The van der Waals surface area contributed by atoms with Crippen molar-refractivity contribution in [2.24, 2.45) is 0 Å². The zero-order chi connectivity index (χ0) is 36.0. The number of hydrogen-bond donors (Lipinski definition) is 3. The Labute approximate surface area is 301 Å². The third kappa shape index (κ3) is 7.64. The zero-order valence-electron chi connectivity index (χ0n) is 28.5. The van der Waals surface area contributed by atoms with Crippen molar-refractivity contribution in [3.05, 3.63) is 127 Å². The van der Waals surface area contributed by atoms with Gasteiger partial charge in [0.2, 0.25) is 23.6 Å². The Morgan fingerprint density at radius 1 is 0.712 bits per heavy atom. The number of carbonyl (C=O) groups is 4. The van der Waals surface area contributed by atoms with Crippen LogP contribution in [-0.4, -0.2) is 68.7 Å². The predicted molar refractivity (Wildman–Crippen MR) is 196 cm³/mol. The number of aliphatic hydroxyl groups is 1. The molecular formula is C41H39N5O6. The summed E-state index contributed by atoms with van der Waals surface area (Å²) in [6.07, 6.45) is 3.16. The van der Waals surface area contributed by atoms with Crippen molar-refractivity contribution in [2.75, 3.05) is 23.7 Å². The van der Waals surface area contributed by atoms with Crippen molar-refractivity contribution in [1.29, 1.82) is 0 Å². The Hall–Kier alpha value is -6.07. The van der Waals surface area contributed by atoms with E-state index in [-0.39, 0.29) is 24.1 Å². The molecule has 2 unspecified atom stereocenters. The molecule has 3 heterocycles. The lowest BCUT2D eigenvalue weighted by Gasteiger charge is -2.26. The molecule has 1 aromatic heterocycles. The summed E-state index contributed by atoms with van der Waals surface area (Å²) in [5, 5.41) is 16.5. The van der Waals surface area contributed by atoms with Gasteiger partial charge in [-0.15, -0.1) is 0 Å². The van der Waals surface area contributed by atoms with Crippen LogP contribution in [0.1, 0.15) is 42.9 Å². The standard InChI is InChI=1S/C41H39N5O6/c47-36(25-27-9-3-1-4-10-27)45-23-7-13-33(45)38(49)43-32-21-17-30(18-22-32)40-42-26-35(52-40)28-15-19-31(20-16-28)44-39(50)34-14-8-24-46(34)41(51)37(48)29-11-5-2-6-12-29/h1-6,9-12,15-22,26,33-34,37,48H,7-8,13-14,23-25H2,(H,43,49)(H,44,50)/t33-,34?,37?/m0/s1.